The van der Waals surface area contributed by atoms with Gasteiger partial charge in [0.05, 0.1) is 25.4 Å². The van der Waals surface area contributed by atoms with Gasteiger partial charge in [-0.1, -0.05) is 13.3 Å². The van der Waals surface area contributed by atoms with Gasteiger partial charge < -0.3 is 46.9 Å². The first-order valence-corrected chi connectivity index (χ1v) is 14.9. The van der Waals surface area contributed by atoms with Crippen molar-refractivity contribution in [3.63, 3.8) is 0 Å². The van der Waals surface area contributed by atoms with Gasteiger partial charge in [-0.2, -0.15) is 15.0 Å². The molecule has 2 aliphatic heterocycles. The number of H-pyrrole nitrogens is 1. The van der Waals surface area contributed by atoms with Crippen molar-refractivity contribution in [3.05, 3.63) is 23.0 Å². The number of fused-ring (bicyclic) bond motifs is 2. The van der Waals surface area contributed by atoms with Crippen molar-refractivity contribution >= 4 is 47.9 Å². The van der Waals surface area contributed by atoms with Crippen LogP contribution in [-0.2, 0) is 23.1 Å². The summed E-state index contributed by atoms with van der Waals surface area (Å²) in [6, 6.07) is 0. The number of phosphoric ester groups is 1. The van der Waals surface area contributed by atoms with Crippen LogP contribution >= 0.6 is 7.82 Å². The van der Waals surface area contributed by atoms with Gasteiger partial charge in [-0.3, -0.25) is 28.0 Å². The van der Waals surface area contributed by atoms with E-state index in [1.165, 1.54) is 10.9 Å². The molecule has 0 spiro atoms. The number of nitrogens with two attached hydrogens (primary N) is 3. The van der Waals surface area contributed by atoms with E-state index in [-0.39, 0.29) is 40.0 Å². The highest BCUT2D eigenvalue weighted by atomic mass is 31.2. The monoisotopic (exact) mass is 639 g/mol. The Morgan fingerprint density at radius 3 is 2.41 bits per heavy atom. The number of nitrogens with one attached hydrogen (secondary N) is 1. The number of nitrogen functional groups attached to an aromatic ring is 3. The average molecular weight is 640 g/mol. The Balaban J connectivity index is 1.21. The Kier molecular flexibility index (Phi) is 7.76. The molecule has 0 radical (unpaired) electrons. The number of aromatic amines is 1. The molecular formula is C22H30N11O10P. The molecule has 0 saturated carbocycles. The predicted octanol–water partition coefficient (Wildman–Crippen LogP) is -1.91. The lowest BCUT2D eigenvalue weighted by Crippen LogP contribution is -2.34. The Bertz CT molecular complexity index is 1800. The molecule has 9 atom stereocenters. The molecular weight excluding hydrogens is 609 g/mol. The van der Waals surface area contributed by atoms with Gasteiger partial charge in [0.25, 0.3) is 5.56 Å². The third kappa shape index (κ3) is 5.27. The van der Waals surface area contributed by atoms with Gasteiger partial charge >= 0.3 is 7.82 Å². The van der Waals surface area contributed by atoms with E-state index in [0.29, 0.717) is 12.8 Å². The summed E-state index contributed by atoms with van der Waals surface area (Å²) < 4.78 is 37.6. The number of nitrogens with zero attached hydrogens (tertiary/aromatic N) is 7. The van der Waals surface area contributed by atoms with Crippen LogP contribution in [0.4, 0.5) is 17.7 Å². The Morgan fingerprint density at radius 2 is 1.68 bits per heavy atom. The number of anilines is 3. The molecule has 0 amide bonds. The predicted molar refractivity (Wildman–Crippen MR) is 148 cm³/mol. The standard InChI is InChI=1S/C22H30N11O10P/c1-2-3-7-8(41-18(11(7)34)32-5-26-9-14(23)28-21(24)29-15(9)32)4-40-44(38,39)43-13-12(35)20(37)42-19(13)33-6-27-10-16(33)30-22(25)31-17(10)36/h5-8,11-13,18-20,34-35,37H,2-4H2,1H3,(H,38,39)(H4,23,24,28,29)(H3,25,30,31,36). The number of ether oxygens (including phenoxy) is 2. The zero-order chi connectivity index (χ0) is 31.5. The first kappa shape index (κ1) is 30.2. The summed E-state index contributed by atoms with van der Waals surface area (Å²) in [6.07, 6.45) is -6.31. The van der Waals surface area contributed by atoms with Crippen LogP contribution < -0.4 is 22.8 Å². The van der Waals surface area contributed by atoms with E-state index in [9.17, 15) is 29.6 Å². The number of hydrogen-bond donors (Lipinski definition) is 8. The molecule has 6 heterocycles. The van der Waals surface area contributed by atoms with Crippen molar-refractivity contribution in [2.45, 2.75) is 62.9 Å². The van der Waals surface area contributed by atoms with E-state index >= 15 is 0 Å². The van der Waals surface area contributed by atoms with Crippen molar-refractivity contribution in [2.24, 2.45) is 5.92 Å². The first-order valence-electron chi connectivity index (χ1n) is 13.4. The van der Waals surface area contributed by atoms with Gasteiger partial charge in [0, 0.05) is 5.92 Å². The lowest BCUT2D eigenvalue weighted by molar-refractivity contribution is -0.141. The number of aromatic nitrogens is 8. The molecule has 6 rings (SSSR count). The van der Waals surface area contributed by atoms with Gasteiger partial charge in [-0.15, -0.1) is 0 Å². The quantitative estimate of drug-likeness (QED) is 0.0926. The number of hydrogen-bond acceptors (Lipinski definition) is 17. The highest BCUT2D eigenvalue weighted by molar-refractivity contribution is 7.47. The normalized spacial score (nSPS) is 30.4. The highest BCUT2D eigenvalue weighted by Crippen LogP contribution is 2.50. The zero-order valence-corrected chi connectivity index (χ0v) is 23.8. The third-order valence-electron chi connectivity index (χ3n) is 7.45. The number of rotatable bonds is 9. The average Bonchev–Trinajstić information content (AvgIpc) is 3.70. The molecule has 2 fully saturated rings. The molecule has 4 aromatic rings. The number of imidazole rings is 2. The lowest BCUT2D eigenvalue weighted by atomic mass is 9.93. The van der Waals surface area contributed by atoms with Crippen LogP contribution in [0.15, 0.2) is 17.4 Å². The van der Waals surface area contributed by atoms with Crippen LogP contribution in [0.1, 0.15) is 32.2 Å². The minimum absolute atomic E-state index is 0.0401. The molecule has 2 saturated heterocycles. The fourth-order valence-electron chi connectivity index (χ4n) is 5.47. The van der Waals surface area contributed by atoms with E-state index in [4.69, 9.17) is 35.7 Å². The molecule has 0 aromatic carbocycles. The van der Waals surface area contributed by atoms with E-state index < -0.39 is 69.1 Å². The van der Waals surface area contributed by atoms with Crippen LogP contribution in [0, 0.1) is 5.92 Å². The molecule has 2 aliphatic rings. The summed E-state index contributed by atoms with van der Waals surface area (Å²) in [6.45, 7) is 1.37. The summed E-state index contributed by atoms with van der Waals surface area (Å²) in [5, 5.41) is 31.9. The molecule has 21 nitrogen and oxygen atoms in total. The topological polar surface area (TPSA) is 320 Å². The first-order chi connectivity index (χ1) is 20.9. The van der Waals surface area contributed by atoms with E-state index in [1.54, 1.807) is 0 Å². The molecule has 0 aliphatic carbocycles. The molecule has 0 bridgehead atoms. The molecule has 9 unspecified atom stereocenters. The Hall–Kier alpha value is -3.79. The maximum atomic E-state index is 13.1. The largest absolute Gasteiger partial charge is 0.472 e. The van der Waals surface area contributed by atoms with Gasteiger partial charge in [0.2, 0.25) is 11.9 Å². The van der Waals surface area contributed by atoms with E-state index in [2.05, 4.69) is 29.9 Å². The highest BCUT2D eigenvalue weighted by Gasteiger charge is 2.50. The van der Waals surface area contributed by atoms with Gasteiger partial charge in [-0.05, 0) is 6.42 Å². The number of aliphatic hydroxyl groups excluding tert-OH is 3. The lowest BCUT2D eigenvalue weighted by Gasteiger charge is -2.25. The summed E-state index contributed by atoms with van der Waals surface area (Å²) in [4.78, 5) is 45.3. The fourth-order valence-corrected chi connectivity index (χ4v) is 6.40. The maximum Gasteiger partial charge on any atom is 0.472 e. The summed E-state index contributed by atoms with van der Waals surface area (Å²) in [7, 11) is -5.01. The minimum Gasteiger partial charge on any atom is -0.388 e. The van der Waals surface area contributed by atoms with Crippen molar-refractivity contribution < 1.29 is 43.3 Å². The smallest absolute Gasteiger partial charge is 0.388 e. The van der Waals surface area contributed by atoms with Crippen molar-refractivity contribution in [3.8, 4) is 0 Å². The second-order valence-corrected chi connectivity index (χ2v) is 11.7. The van der Waals surface area contributed by atoms with Crippen LogP contribution in [-0.4, -0.2) is 96.6 Å². The number of aliphatic hydroxyl groups is 3. The summed E-state index contributed by atoms with van der Waals surface area (Å²) >= 11 is 0. The SMILES string of the molecule is CCCC1C(COP(=O)(O)OC2C(O)C(O)OC2n2cnc3c(=O)[nH]c(N)nc32)OC(n2cnc3c(N)nc(N)nc32)C1O. The molecule has 11 N–H and O–H groups in total. The van der Waals surface area contributed by atoms with Gasteiger partial charge in [0.15, 0.2) is 41.4 Å². The Labute approximate surface area is 246 Å². The van der Waals surface area contributed by atoms with Crippen molar-refractivity contribution in [1.82, 2.24) is 39.0 Å². The Morgan fingerprint density at radius 1 is 1.00 bits per heavy atom. The van der Waals surface area contributed by atoms with E-state index in [1.807, 2.05) is 6.92 Å². The zero-order valence-electron chi connectivity index (χ0n) is 22.9. The molecule has 238 valence electrons. The summed E-state index contributed by atoms with van der Waals surface area (Å²) in [5.41, 5.74) is 16.8. The second-order valence-electron chi connectivity index (χ2n) is 10.3. The van der Waals surface area contributed by atoms with Crippen molar-refractivity contribution in [2.75, 3.05) is 23.8 Å². The van der Waals surface area contributed by atoms with Crippen LogP contribution in [0.2, 0.25) is 0 Å². The fraction of sp³-hybridized carbons (Fsp3) is 0.545. The minimum atomic E-state index is -5.01. The van der Waals surface area contributed by atoms with Gasteiger partial charge in [-0.25, -0.2) is 14.5 Å². The van der Waals surface area contributed by atoms with Gasteiger partial charge in [0.1, 0.15) is 23.8 Å². The third-order valence-corrected chi connectivity index (χ3v) is 8.44. The second kappa shape index (κ2) is 11.3. The molecule has 22 heteroatoms. The van der Waals surface area contributed by atoms with E-state index in [0.717, 1.165) is 10.9 Å². The maximum absolute atomic E-state index is 13.1. The summed E-state index contributed by atoms with van der Waals surface area (Å²) in [5.74, 6) is -0.873. The van der Waals surface area contributed by atoms with Crippen LogP contribution in [0.5, 0.6) is 0 Å². The van der Waals surface area contributed by atoms with Crippen LogP contribution in [0.25, 0.3) is 22.3 Å². The molecule has 4 aromatic heterocycles. The number of phosphoric acid groups is 1. The molecule has 44 heavy (non-hydrogen) atoms. The van der Waals surface area contributed by atoms with Crippen LogP contribution in [0.3, 0.4) is 0 Å². The van der Waals surface area contributed by atoms with Crippen molar-refractivity contribution in [1.29, 1.82) is 0 Å².